The van der Waals surface area contributed by atoms with Crippen LogP contribution in [0.4, 0.5) is 11.4 Å². The largest absolute Gasteiger partial charge is 0.377 e. The molecule has 2 aromatic rings. The zero-order chi connectivity index (χ0) is 21.8. The molecule has 2 aliphatic rings. The van der Waals surface area contributed by atoms with E-state index in [2.05, 4.69) is 10.0 Å². The minimum Gasteiger partial charge on any atom is -0.377 e. The standard InChI is InChI=1S/C22H25N3O5S/c26-21-7-2-12-25(21)18-10-8-17(9-11-18)24-22(27)16-4-1-6-20(14-16)31(28,29)23-15-19-5-3-13-30-19/h1,4,6,8-11,14,19,23H,2-3,5,7,12-13,15H2,(H,24,27). The molecular weight excluding hydrogens is 418 g/mol. The first kappa shape index (κ1) is 21.5. The topological polar surface area (TPSA) is 105 Å². The van der Waals surface area contributed by atoms with Gasteiger partial charge in [-0.2, -0.15) is 0 Å². The van der Waals surface area contributed by atoms with Crippen LogP contribution < -0.4 is 14.9 Å². The van der Waals surface area contributed by atoms with Gasteiger partial charge in [0.1, 0.15) is 0 Å². The second kappa shape index (κ2) is 9.17. The number of amides is 2. The van der Waals surface area contributed by atoms with Crippen LogP contribution >= 0.6 is 0 Å². The number of ether oxygens (including phenoxy) is 1. The molecule has 31 heavy (non-hydrogen) atoms. The second-order valence-electron chi connectivity index (χ2n) is 7.66. The fourth-order valence-electron chi connectivity index (χ4n) is 3.74. The molecule has 1 atom stereocenters. The van der Waals surface area contributed by atoms with Crippen molar-refractivity contribution in [1.82, 2.24) is 4.72 Å². The first-order chi connectivity index (χ1) is 14.9. The number of nitrogens with zero attached hydrogens (tertiary/aromatic N) is 1. The summed E-state index contributed by atoms with van der Waals surface area (Å²) in [7, 11) is -3.74. The monoisotopic (exact) mass is 443 g/mol. The fraction of sp³-hybridized carbons (Fsp3) is 0.364. The number of hydrogen-bond donors (Lipinski definition) is 2. The van der Waals surface area contributed by atoms with Gasteiger partial charge in [0.2, 0.25) is 15.9 Å². The summed E-state index contributed by atoms with van der Waals surface area (Å²) in [6.45, 7) is 1.56. The van der Waals surface area contributed by atoms with Gasteiger partial charge in [-0.05, 0) is 61.7 Å². The minimum atomic E-state index is -3.74. The molecule has 2 aromatic carbocycles. The quantitative estimate of drug-likeness (QED) is 0.684. The van der Waals surface area contributed by atoms with Crippen molar-refractivity contribution in [3.05, 3.63) is 54.1 Å². The van der Waals surface area contributed by atoms with Crippen molar-refractivity contribution in [2.24, 2.45) is 0 Å². The molecule has 8 nitrogen and oxygen atoms in total. The normalized spacial score (nSPS) is 19.0. The van der Waals surface area contributed by atoms with Gasteiger partial charge in [0.05, 0.1) is 11.0 Å². The Bertz CT molecular complexity index is 1060. The molecule has 164 valence electrons. The summed E-state index contributed by atoms with van der Waals surface area (Å²) >= 11 is 0. The summed E-state index contributed by atoms with van der Waals surface area (Å²) < 4.78 is 33.2. The van der Waals surface area contributed by atoms with E-state index in [0.29, 0.717) is 25.3 Å². The highest BCUT2D eigenvalue weighted by Gasteiger charge is 2.22. The molecule has 0 spiro atoms. The molecule has 2 amide bonds. The number of carbonyl (C=O) groups excluding carboxylic acids is 2. The Morgan fingerprint density at radius 2 is 1.94 bits per heavy atom. The van der Waals surface area contributed by atoms with Gasteiger partial charge in [0, 0.05) is 43.1 Å². The van der Waals surface area contributed by atoms with Crippen molar-refractivity contribution < 1.29 is 22.7 Å². The predicted molar refractivity (Wildman–Crippen MR) is 117 cm³/mol. The highest BCUT2D eigenvalue weighted by Crippen LogP contribution is 2.23. The lowest BCUT2D eigenvalue weighted by atomic mass is 10.2. The molecule has 4 rings (SSSR count). The predicted octanol–water partition coefficient (Wildman–Crippen LogP) is 2.52. The van der Waals surface area contributed by atoms with E-state index in [1.165, 1.54) is 18.2 Å². The molecular formula is C22H25N3O5S. The second-order valence-corrected chi connectivity index (χ2v) is 9.43. The molecule has 2 saturated heterocycles. The van der Waals surface area contributed by atoms with E-state index in [4.69, 9.17) is 4.74 Å². The molecule has 9 heteroatoms. The number of benzene rings is 2. The maximum absolute atomic E-state index is 12.6. The molecule has 0 radical (unpaired) electrons. The van der Waals surface area contributed by atoms with Crippen molar-refractivity contribution >= 4 is 33.2 Å². The maximum Gasteiger partial charge on any atom is 0.255 e. The number of carbonyl (C=O) groups is 2. The van der Waals surface area contributed by atoms with Crippen molar-refractivity contribution in [2.75, 3.05) is 29.9 Å². The summed E-state index contributed by atoms with van der Waals surface area (Å²) in [5, 5.41) is 2.77. The molecule has 2 fully saturated rings. The third kappa shape index (κ3) is 5.12. The van der Waals surface area contributed by atoms with Crippen LogP contribution in [0.1, 0.15) is 36.0 Å². The van der Waals surface area contributed by atoms with Gasteiger partial charge in [-0.3, -0.25) is 9.59 Å². The number of hydrogen-bond acceptors (Lipinski definition) is 5. The highest BCUT2D eigenvalue weighted by atomic mass is 32.2. The van der Waals surface area contributed by atoms with Gasteiger partial charge < -0.3 is 15.0 Å². The Morgan fingerprint density at radius 3 is 2.61 bits per heavy atom. The van der Waals surface area contributed by atoms with Crippen LogP contribution in [0.25, 0.3) is 0 Å². The SMILES string of the molecule is O=C(Nc1ccc(N2CCCC2=O)cc1)c1cccc(S(=O)(=O)NCC2CCCO2)c1. The Labute approximate surface area is 181 Å². The molecule has 2 heterocycles. The van der Waals surface area contributed by atoms with Crippen molar-refractivity contribution in [1.29, 1.82) is 0 Å². The van der Waals surface area contributed by atoms with Gasteiger partial charge in [-0.25, -0.2) is 13.1 Å². The lowest BCUT2D eigenvalue weighted by molar-refractivity contribution is -0.117. The number of nitrogens with one attached hydrogen (secondary N) is 2. The van der Waals surface area contributed by atoms with E-state index in [9.17, 15) is 18.0 Å². The molecule has 0 aliphatic carbocycles. The van der Waals surface area contributed by atoms with Crippen LogP contribution in [0.3, 0.4) is 0 Å². The molecule has 0 saturated carbocycles. The summed E-state index contributed by atoms with van der Waals surface area (Å²) in [5.74, 6) is -0.316. The average Bonchev–Trinajstić information content (AvgIpc) is 3.45. The Morgan fingerprint density at radius 1 is 1.13 bits per heavy atom. The van der Waals surface area contributed by atoms with Crippen molar-refractivity contribution in [3.63, 3.8) is 0 Å². The number of rotatable bonds is 7. The van der Waals surface area contributed by atoms with Crippen molar-refractivity contribution in [2.45, 2.75) is 36.7 Å². The summed E-state index contributed by atoms with van der Waals surface area (Å²) in [6.07, 6.45) is 3.05. The summed E-state index contributed by atoms with van der Waals surface area (Å²) in [4.78, 5) is 26.2. The lowest BCUT2D eigenvalue weighted by Crippen LogP contribution is -2.32. The van der Waals surface area contributed by atoms with Crippen LogP contribution in [0.2, 0.25) is 0 Å². The Hall–Kier alpha value is -2.75. The summed E-state index contributed by atoms with van der Waals surface area (Å²) in [5.41, 5.74) is 1.59. The van der Waals surface area contributed by atoms with Crippen LogP contribution in [0.5, 0.6) is 0 Å². The third-order valence-corrected chi connectivity index (χ3v) is 6.86. The molecule has 2 aliphatic heterocycles. The zero-order valence-electron chi connectivity index (χ0n) is 17.0. The third-order valence-electron chi connectivity index (χ3n) is 5.44. The van der Waals surface area contributed by atoms with E-state index in [-0.39, 0.29) is 29.0 Å². The van der Waals surface area contributed by atoms with E-state index >= 15 is 0 Å². The van der Waals surface area contributed by atoms with Gasteiger partial charge in [-0.1, -0.05) is 6.07 Å². The molecule has 2 N–H and O–H groups in total. The zero-order valence-corrected chi connectivity index (χ0v) is 17.9. The number of anilines is 2. The van der Waals surface area contributed by atoms with E-state index in [1.807, 2.05) is 0 Å². The Kier molecular flexibility index (Phi) is 6.35. The molecule has 0 bridgehead atoms. The minimum absolute atomic E-state index is 0.0287. The van der Waals surface area contributed by atoms with Crippen LogP contribution in [0.15, 0.2) is 53.4 Å². The number of sulfonamides is 1. The van der Waals surface area contributed by atoms with E-state index in [1.54, 1.807) is 35.2 Å². The maximum atomic E-state index is 12.6. The fourth-order valence-corrected chi connectivity index (χ4v) is 4.86. The highest BCUT2D eigenvalue weighted by molar-refractivity contribution is 7.89. The van der Waals surface area contributed by atoms with E-state index < -0.39 is 15.9 Å². The van der Waals surface area contributed by atoms with Crippen molar-refractivity contribution in [3.8, 4) is 0 Å². The van der Waals surface area contributed by atoms with Crippen LogP contribution in [-0.2, 0) is 19.6 Å². The van der Waals surface area contributed by atoms with Gasteiger partial charge in [0.25, 0.3) is 5.91 Å². The van der Waals surface area contributed by atoms with Crippen LogP contribution in [0, 0.1) is 0 Å². The first-order valence-electron chi connectivity index (χ1n) is 10.4. The molecule has 1 unspecified atom stereocenters. The van der Waals surface area contributed by atoms with Crippen LogP contribution in [-0.4, -0.2) is 46.0 Å². The summed E-state index contributed by atoms with van der Waals surface area (Å²) in [6, 6.07) is 12.9. The smallest absolute Gasteiger partial charge is 0.255 e. The first-order valence-corrected chi connectivity index (χ1v) is 11.8. The van der Waals surface area contributed by atoms with Gasteiger partial charge >= 0.3 is 0 Å². The molecule has 0 aromatic heterocycles. The Balaban J connectivity index is 1.41. The van der Waals surface area contributed by atoms with Gasteiger partial charge in [-0.15, -0.1) is 0 Å². The average molecular weight is 444 g/mol. The lowest BCUT2D eigenvalue weighted by Gasteiger charge is -2.16. The van der Waals surface area contributed by atoms with E-state index in [0.717, 1.165) is 24.9 Å². The van der Waals surface area contributed by atoms with Gasteiger partial charge in [0.15, 0.2) is 0 Å².